The maximum absolute atomic E-state index is 13.7. The van der Waals surface area contributed by atoms with Crippen LogP contribution in [0.5, 0.6) is 0 Å². The summed E-state index contributed by atoms with van der Waals surface area (Å²) < 4.78 is 15.1. The first-order chi connectivity index (χ1) is 14.5. The highest BCUT2D eigenvalue weighted by molar-refractivity contribution is 7.99. The maximum atomic E-state index is 13.7. The van der Waals surface area contributed by atoms with Crippen LogP contribution in [0.15, 0.2) is 52.4 Å². The van der Waals surface area contributed by atoms with E-state index in [1.807, 2.05) is 11.0 Å². The third-order valence-corrected chi connectivity index (χ3v) is 6.57. The molecule has 30 heavy (non-hydrogen) atoms. The molecule has 0 spiro atoms. The number of likely N-dealkylation sites (tertiary alicyclic amines) is 1. The van der Waals surface area contributed by atoms with Gasteiger partial charge in [-0.1, -0.05) is 35.5 Å². The van der Waals surface area contributed by atoms with E-state index in [1.165, 1.54) is 34.5 Å². The molecule has 0 radical (unpaired) electrons. The van der Waals surface area contributed by atoms with Crippen LogP contribution >= 0.6 is 23.4 Å². The minimum absolute atomic E-state index is 0.0262. The number of piperidine rings is 1. The van der Waals surface area contributed by atoms with Crippen LogP contribution in [-0.4, -0.2) is 38.7 Å². The summed E-state index contributed by atoms with van der Waals surface area (Å²) in [6.07, 6.45) is 3.15. The molecule has 0 aliphatic carbocycles. The zero-order valence-electron chi connectivity index (χ0n) is 16.5. The van der Waals surface area contributed by atoms with E-state index in [0.717, 1.165) is 25.8 Å². The van der Waals surface area contributed by atoms with Crippen molar-refractivity contribution < 1.29 is 9.18 Å². The van der Waals surface area contributed by atoms with Gasteiger partial charge in [-0.3, -0.25) is 14.2 Å². The van der Waals surface area contributed by atoms with Gasteiger partial charge in [-0.15, -0.1) is 0 Å². The van der Waals surface area contributed by atoms with Crippen LogP contribution in [0, 0.1) is 5.82 Å². The quantitative estimate of drug-likeness (QED) is 0.432. The number of benzene rings is 2. The summed E-state index contributed by atoms with van der Waals surface area (Å²) in [5.41, 5.74) is 0.670. The second-order valence-corrected chi connectivity index (χ2v) is 8.72. The molecule has 156 valence electrons. The molecule has 1 atom stereocenters. The van der Waals surface area contributed by atoms with Gasteiger partial charge >= 0.3 is 0 Å². The Kier molecular flexibility index (Phi) is 6.11. The van der Waals surface area contributed by atoms with Crippen molar-refractivity contribution in [2.75, 3.05) is 12.3 Å². The first-order valence-corrected chi connectivity index (χ1v) is 11.2. The van der Waals surface area contributed by atoms with Crippen molar-refractivity contribution in [3.8, 4) is 5.69 Å². The van der Waals surface area contributed by atoms with Crippen molar-refractivity contribution in [3.63, 3.8) is 0 Å². The molecule has 5 nitrogen and oxygen atoms in total. The number of aromatic nitrogens is 2. The second-order valence-electron chi connectivity index (χ2n) is 7.37. The highest BCUT2D eigenvalue weighted by Gasteiger charge is 2.24. The molecule has 8 heteroatoms. The number of carbonyl (C=O) groups excluding carboxylic acids is 1. The average Bonchev–Trinajstić information content (AvgIpc) is 2.74. The SMILES string of the molecule is C[C@H]1CCCCN1C(=O)CSc1nc2ccccc2c(=O)n1-c1ccc(F)c(Cl)c1. The summed E-state index contributed by atoms with van der Waals surface area (Å²) in [4.78, 5) is 32.5. The number of fused-ring (bicyclic) bond motifs is 1. The third-order valence-electron chi connectivity index (χ3n) is 5.35. The molecular weight excluding hydrogens is 425 g/mol. The van der Waals surface area contributed by atoms with E-state index in [-0.39, 0.29) is 28.3 Å². The number of nitrogens with zero attached hydrogens (tertiary/aromatic N) is 3. The van der Waals surface area contributed by atoms with Crippen molar-refractivity contribution in [3.05, 3.63) is 63.7 Å². The molecule has 1 fully saturated rings. The standard InChI is InChI=1S/C22H21ClFN3O2S/c1-14-6-4-5-11-26(14)20(28)13-30-22-25-19-8-3-2-7-16(19)21(29)27(22)15-9-10-18(24)17(23)12-15/h2-3,7-10,12,14H,4-6,11,13H2,1H3/t14-/m0/s1. The Morgan fingerprint density at radius 1 is 1.27 bits per heavy atom. The first kappa shape index (κ1) is 20.9. The van der Waals surface area contributed by atoms with E-state index in [0.29, 0.717) is 21.7 Å². The summed E-state index contributed by atoms with van der Waals surface area (Å²) in [7, 11) is 0. The zero-order valence-corrected chi connectivity index (χ0v) is 18.0. The van der Waals surface area contributed by atoms with Crippen molar-refractivity contribution in [1.29, 1.82) is 0 Å². The maximum Gasteiger partial charge on any atom is 0.266 e. The predicted octanol–water partition coefficient (Wildman–Crippen LogP) is 4.67. The molecular formula is C22H21ClFN3O2S. The van der Waals surface area contributed by atoms with Crippen LogP contribution in [0.4, 0.5) is 4.39 Å². The molecule has 4 rings (SSSR count). The Hall–Kier alpha value is -2.38. The Morgan fingerprint density at radius 3 is 2.83 bits per heavy atom. The van der Waals surface area contributed by atoms with Crippen molar-refractivity contribution >= 4 is 40.2 Å². The molecule has 2 aromatic carbocycles. The van der Waals surface area contributed by atoms with Crippen LogP contribution in [-0.2, 0) is 4.79 Å². The van der Waals surface area contributed by atoms with E-state index in [1.54, 1.807) is 18.2 Å². The molecule has 0 bridgehead atoms. The second kappa shape index (κ2) is 8.78. The highest BCUT2D eigenvalue weighted by atomic mass is 35.5. The lowest BCUT2D eigenvalue weighted by Crippen LogP contribution is -2.43. The van der Waals surface area contributed by atoms with Crippen LogP contribution < -0.4 is 5.56 Å². The number of amides is 1. The van der Waals surface area contributed by atoms with E-state index in [4.69, 9.17) is 11.6 Å². The monoisotopic (exact) mass is 445 g/mol. The number of halogens is 2. The van der Waals surface area contributed by atoms with Gasteiger partial charge in [0.1, 0.15) is 5.82 Å². The molecule has 1 aliphatic heterocycles. The van der Waals surface area contributed by atoms with Gasteiger partial charge < -0.3 is 4.90 Å². The Bertz CT molecular complexity index is 1170. The van der Waals surface area contributed by atoms with E-state index < -0.39 is 5.82 Å². The molecule has 1 saturated heterocycles. The lowest BCUT2D eigenvalue weighted by Gasteiger charge is -2.33. The molecule has 2 heterocycles. The highest BCUT2D eigenvalue weighted by Crippen LogP contribution is 2.25. The summed E-state index contributed by atoms with van der Waals surface area (Å²) in [6.45, 7) is 2.82. The number of rotatable bonds is 4. The summed E-state index contributed by atoms with van der Waals surface area (Å²) in [5.74, 6) is -0.367. The van der Waals surface area contributed by atoms with E-state index in [2.05, 4.69) is 11.9 Å². The summed E-state index contributed by atoms with van der Waals surface area (Å²) >= 11 is 7.16. The van der Waals surface area contributed by atoms with E-state index in [9.17, 15) is 14.0 Å². The van der Waals surface area contributed by atoms with Crippen LogP contribution in [0.3, 0.4) is 0 Å². The van der Waals surface area contributed by atoms with Gasteiger partial charge in [0, 0.05) is 12.6 Å². The largest absolute Gasteiger partial charge is 0.339 e. The normalized spacial score (nSPS) is 16.8. The van der Waals surface area contributed by atoms with Gasteiger partial charge in [0.05, 0.1) is 27.4 Å². The van der Waals surface area contributed by atoms with Gasteiger partial charge in [0.25, 0.3) is 5.56 Å². The van der Waals surface area contributed by atoms with Gasteiger partial charge in [0.15, 0.2) is 5.16 Å². The Balaban J connectivity index is 1.73. The summed E-state index contributed by atoms with van der Waals surface area (Å²) in [6, 6.07) is 11.3. The van der Waals surface area contributed by atoms with Crippen LogP contribution in [0.25, 0.3) is 16.6 Å². The molecule has 0 saturated carbocycles. The van der Waals surface area contributed by atoms with Gasteiger partial charge in [-0.2, -0.15) is 0 Å². The van der Waals surface area contributed by atoms with Crippen LogP contribution in [0.1, 0.15) is 26.2 Å². The number of hydrogen-bond donors (Lipinski definition) is 0. The fraction of sp³-hybridized carbons (Fsp3) is 0.318. The molecule has 1 aromatic heterocycles. The number of hydrogen-bond acceptors (Lipinski definition) is 4. The number of para-hydroxylation sites is 1. The predicted molar refractivity (Wildman–Crippen MR) is 118 cm³/mol. The topological polar surface area (TPSA) is 55.2 Å². The fourth-order valence-electron chi connectivity index (χ4n) is 3.74. The van der Waals surface area contributed by atoms with Crippen LogP contribution in [0.2, 0.25) is 5.02 Å². The zero-order chi connectivity index (χ0) is 21.3. The van der Waals surface area contributed by atoms with Gasteiger partial charge in [0.2, 0.25) is 5.91 Å². The lowest BCUT2D eigenvalue weighted by molar-refractivity contribution is -0.131. The van der Waals surface area contributed by atoms with E-state index >= 15 is 0 Å². The molecule has 1 aliphatic rings. The van der Waals surface area contributed by atoms with Crippen molar-refractivity contribution in [2.24, 2.45) is 0 Å². The van der Waals surface area contributed by atoms with Gasteiger partial charge in [-0.25, -0.2) is 9.37 Å². The summed E-state index contributed by atoms with van der Waals surface area (Å²) in [5, 5.41) is 0.736. The number of thioether (sulfide) groups is 1. The third kappa shape index (κ3) is 4.09. The Labute approximate surface area is 182 Å². The molecule has 1 amide bonds. The van der Waals surface area contributed by atoms with Crippen molar-refractivity contribution in [1.82, 2.24) is 14.5 Å². The first-order valence-electron chi connectivity index (χ1n) is 9.85. The number of carbonyl (C=O) groups is 1. The molecule has 0 N–H and O–H groups in total. The Morgan fingerprint density at radius 2 is 2.07 bits per heavy atom. The van der Waals surface area contributed by atoms with Crippen molar-refractivity contribution in [2.45, 2.75) is 37.4 Å². The lowest BCUT2D eigenvalue weighted by atomic mass is 10.0. The molecule has 3 aromatic rings. The minimum Gasteiger partial charge on any atom is -0.339 e. The molecule has 0 unspecified atom stereocenters. The minimum atomic E-state index is -0.564. The average molecular weight is 446 g/mol. The van der Waals surface area contributed by atoms with Gasteiger partial charge in [-0.05, 0) is 56.5 Å². The fourth-order valence-corrected chi connectivity index (χ4v) is 4.81. The smallest absolute Gasteiger partial charge is 0.266 e.